The zero-order valence-corrected chi connectivity index (χ0v) is 22.0. The van der Waals surface area contributed by atoms with Crippen molar-refractivity contribution >= 4 is 29.2 Å². The van der Waals surface area contributed by atoms with Crippen molar-refractivity contribution in [1.82, 2.24) is 4.98 Å². The fourth-order valence-electron chi connectivity index (χ4n) is 4.34. The van der Waals surface area contributed by atoms with Crippen molar-refractivity contribution in [3.05, 3.63) is 33.3 Å². The number of hydrogen-bond donors (Lipinski definition) is 2. The minimum atomic E-state index is -2.33. The van der Waals surface area contributed by atoms with Crippen LogP contribution in [0.1, 0.15) is 81.5 Å². The van der Waals surface area contributed by atoms with Gasteiger partial charge in [0.25, 0.3) is 0 Å². The molecule has 1 aromatic heterocycles. The smallest absolute Gasteiger partial charge is 0.309 e. The van der Waals surface area contributed by atoms with E-state index in [1.807, 2.05) is 6.92 Å². The highest BCUT2D eigenvalue weighted by Crippen LogP contribution is 2.32. The molecule has 6 nitrogen and oxygen atoms in total. The van der Waals surface area contributed by atoms with Crippen molar-refractivity contribution in [2.24, 2.45) is 17.3 Å². The minimum absolute atomic E-state index is 0.00487. The van der Waals surface area contributed by atoms with Crippen LogP contribution in [-0.4, -0.2) is 51.9 Å². The average Bonchev–Trinajstić information content (AvgIpc) is 3.32. The van der Waals surface area contributed by atoms with E-state index in [2.05, 4.69) is 4.98 Å². The number of thiazole rings is 1. The number of ether oxygens (including phenoxy) is 1. The molecule has 0 amide bonds. The summed E-state index contributed by atoms with van der Waals surface area (Å²) in [6, 6.07) is 0. The van der Waals surface area contributed by atoms with Gasteiger partial charge in [-0.3, -0.25) is 9.59 Å². The van der Waals surface area contributed by atoms with Gasteiger partial charge in [0.1, 0.15) is 18.6 Å². The number of Topliss-reactive ketones (excluding diaryl/α,β-unsaturated/α-hetero) is 1. The number of aliphatic hydroxyl groups excluding tert-OH is 2. The van der Waals surface area contributed by atoms with Crippen LogP contribution in [0.15, 0.2) is 22.6 Å². The number of aliphatic hydroxyl groups is 2. The molecule has 0 saturated carbocycles. The quantitative estimate of drug-likeness (QED) is 0.426. The lowest BCUT2D eigenvalue weighted by atomic mass is 9.73. The number of aryl methyl sites for hydroxylation is 1. The summed E-state index contributed by atoms with van der Waals surface area (Å²) in [5.74, 6) is -2.06. The maximum Gasteiger partial charge on any atom is 0.309 e. The van der Waals surface area contributed by atoms with Gasteiger partial charge in [0, 0.05) is 21.8 Å². The number of allylic oxidation sites excluding steroid dienone is 1. The van der Waals surface area contributed by atoms with E-state index < -0.39 is 55.6 Å². The topological polar surface area (TPSA) is 96.7 Å². The molecule has 0 radical (unpaired) electrons. The van der Waals surface area contributed by atoms with Crippen LogP contribution >= 0.6 is 11.3 Å². The molecular formula is C27H40FNO5S. The lowest BCUT2D eigenvalue weighted by molar-refractivity contribution is -0.154. The first-order valence-electron chi connectivity index (χ1n) is 13.6. The van der Waals surface area contributed by atoms with Gasteiger partial charge in [-0.25, -0.2) is 9.37 Å². The standard InChI is InChI=1S/C27H40FNO5S/c1-16-8-7-9-20(14-28)10-11-22(17(2)12-21-15-35-19(4)29-21)34-24(31)13-23(30)27(5,6)26(33)18(3)25(16)32/h10,12,15-16,18,22-23,25,30,32H,7-9,11,13-14H2,1-6H3/b17-12+,20-10+/t16-,18+,22-,23-,25-/m0/s1/i4D3. The summed E-state index contributed by atoms with van der Waals surface area (Å²) in [5, 5.41) is 23.2. The van der Waals surface area contributed by atoms with E-state index in [0.717, 1.165) is 11.3 Å². The molecule has 1 aliphatic rings. The van der Waals surface area contributed by atoms with Gasteiger partial charge >= 0.3 is 5.97 Å². The molecule has 5 atom stereocenters. The zero-order chi connectivity index (χ0) is 28.8. The molecule has 2 heterocycles. The molecule has 0 bridgehead atoms. The number of halogens is 1. The molecule has 35 heavy (non-hydrogen) atoms. The Hall–Kier alpha value is -1.90. The predicted octanol–water partition coefficient (Wildman–Crippen LogP) is 5.22. The second-order valence-electron chi connectivity index (χ2n) is 10.1. The van der Waals surface area contributed by atoms with Crippen LogP contribution in [-0.2, 0) is 14.3 Å². The molecule has 2 rings (SSSR count). The molecular weight excluding hydrogens is 469 g/mol. The third-order valence-corrected chi connectivity index (χ3v) is 7.64. The second-order valence-corrected chi connectivity index (χ2v) is 11.0. The van der Waals surface area contributed by atoms with Gasteiger partial charge < -0.3 is 14.9 Å². The first-order chi connectivity index (χ1) is 17.6. The molecule has 1 aliphatic heterocycles. The van der Waals surface area contributed by atoms with Crippen molar-refractivity contribution in [3.8, 4) is 0 Å². The van der Waals surface area contributed by atoms with Gasteiger partial charge in [0.05, 0.1) is 34.7 Å². The van der Waals surface area contributed by atoms with Crippen molar-refractivity contribution in [2.45, 2.75) is 91.9 Å². The fourth-order valence-corrected chi connectivity index (χ4v) is 4.85. The summed E-state index contributed by atoms with van der Waals surface area (Å²) < 4.78 is 42.0. The Morgan fingerprint density at radius 2 is 2.09 bits per heavy atom. The highest BCUT2D eigenvalue weighted by Gasteiger charge is 2.42. The van der Waals surface area contributed by atoms with Crippen LogP contribution in [0.3, 0.4) is 0 Å². The van der Waals surface area contributed by atoms with Gasteiger partial charge in [0.15, 0.2) is 0 Å². The molecule has 196 valence electrons. The summed E-state index contributed by atoms with van der Waals surface area (Å²) in [6.07, 6.45) is 1.63. The van der Waals surface area contributed by atoms with Crippen LogP contribution in [0.5, 0.6) is 0 Å². The Bertz CT molecular complexity index is 1040. The largest absolute Gasteiger partial charge is 0.457 e. The van der Waals surface area contributed by atoms with E-state index in [1.54, 1.807) is 45.2 Å². The van der Waals surface area contributed by atoms with Gasteiger partial charge in [-0.2, -0.15) is 0 Å². The van der Waals surface area contributed by atoms with Crippen molar-refractivity contribution < 1.29 is 33.0 Å². The number of hydrogen-bond acceptors (Lipinski definition) is 7. The number of aromatic nitrogens is 1. The Labute approximate surface area is 216 Å². The lowest BCUT2D eigenvalue weighted by Gasteiger charge is -2.34. The van der Waals surface area contributed by atoms with E-state index in [9.17, 15) is 24.2 Å². The third kappa shape index (κ3) is 8.05. The molecule has 0 aromatic carbocycles. The Kier molecular flexibility index (Phi) is 9.12. The van der Waals surface area contributed by atoms with Gasteiger partial charge in [-0.1, -0.05) is 33.8 Å². The third-order valence-electron chi connectivity index (χ3n) is 6.97. The first-order valence-corrected chi connectivity index (χ1v) is 12.9. The van der Waals surface area contributed by atoms with Crippen LogP contribution in [0, 0.1) is 24.1 Å². The maximum absolute atomic E-state index is 13.8. The molecule has 0 aliphatic carbocycles. The number of nitrogens with zero attached hydrogens (tertiary/aromatic N) is 1. The van der Waals surface area contributed by atoms with Crippen molar-refractivity contribution in [3.63, 3.8) is 0 Å². The van der Waals surface area contributed by atoms with E-state index in [4.69, 9.17) is 8.85 Å². The maximum atomic E-state index is 13.8. The summed E-state index contributed by atoms with van der Waals surface area (Å²) >= 11 is 1.01. The SMILES string of the molecule is [2H]C([2H])([2H])c1nc(/C=C(\C)[C@@H]2C/C=C(/CF)CCC[C@H](C)[C@H](O)[C@@H](C)C(=O)C(C)(C)[C@@H](O)CC(=O)O2)cs1. The Balaban J connectivity index is 2.39. The van der Waals surface area contributed by atoms with Gasteiger partial charge in [0.2, 0.25) is 0 Å². The number of carbonyl (C=O) groups excluding carboxylic acids is 2. The van der Waals surface area contributed by atoms with Gasteiger partial charge in [-0.15, -0.1) is 11.3 Å². The van der Waals surface area contributed by atoms with Gasteiger partial charge in [-0.05, 0) is 56.2 Å². The zero-order valence-electron chi connectivity index (χ0n) is 24.2. The Morgan fingerprint density at radius 3 is 2.71 bits per heavy atom. The number of esters is 1. The average molecular weight is 513 g/mol. The van der Waals surface area contributed by atoms with Crippen LogP contribution in [0.25, 0.3) is 6.08 Å². The molecule has 8 heteroatoms. The lowest BCUT2D eigenvalue weighted by Crippen LogP contribution is -2.45. The molecule has 0 spiro atoms. The van der Waals surface area contributed by atoms with Crippen LogP contribution in [0.4, 0.5) is 4.39 Å². The molecule has 0 saturated heterocycles. The molecule has 0 fully saturated rings. The monoisotopic (exact) mass is 512 g/mol. The first kappa shape index (κ1) is 24.8. The number of rotatable bonds is 3. The summed E-state index contributed by atoms with van der Waals surface area (Å²) in [6.45, 7) is 5.27. The number of ketones is 1. The molecule has 1 aromatic rings. The number of alkyl halides is 1. The highest BCUT2D eigenvalue weighted by atomic mass is 32.1. The van der Waals surface area contributed by atoms with E-state index in [-0.39, 0.29) is 23.1 Å². The van der Waals surface area contributed by atoms with Crippen molar-refractivity contribution in [2.75, 3.05) is 6.67 Å². The van der Waals surface area contributed by atoms with E-state index in [0.29, 0.717) is 36.1 Å². The normalized spacial score (nSPS) is 33.1. The fraction of sp³-hybridized carbons (Fsp3) is 0.667. The highest BCUT2D eigenvalue weighted by molar-refractivity contribution is 7.09. The molecule has 2 N–H and O–H groups in total. The van der Waals surface area contributed by atoms with E-state index in [1.165, 1.54) is 0 Å². The number of cyclic esters (lactones) is 1. The predicted molar refractivity (Wildman–Crippen MR) is 137 cm³/mol. The number of carbonyl (C=O) groups is 2. The van der Waals surface area contributed by atoms with Crippen LogP contribution in [0.2, 0.25) is 0 Å². The summed E-state index contributed by atoms with van der Waals surface area (Å²) in [5.41, 5.74) is 0.219. The van der Waals surface area contributed by atoms with Crippen LogP contribution < -0.4 is 0 Å². The summed E-state index contributed by atoms with van der Waals surface area (Å²) in [4.78, 5) is 30.2. The molecule has 0 unspecified atom stereocenters. The summed E-state index contributed by atoms with van der Waals surface area (Å²) in [7, 11) is 0. The van der Waals surface area contributed by atoms with E-state index >= 15 is 0 Å². The Morgan fingerprint density at radius 1 is 1.37 bits per heavy atom. The minimum Gasteiger partial charge on any atom is -0.457 e. The van der Waals surface area contributed by atoms with Crippen molar-refractivity contribution in [1.29, 1.82) is 0 Å². The second kappa shape index (κ2) is 12.9.